The number of pyridine rings is 1. The second-order valence-corrected chi connectivity index (χ2v) is 6.45. The Morgan fingerprint density at radius 2 is 1.81 bits per heavy atom. The van der Waals surface area contributed by atoms with Gasteiger partial charge in [-0.1, -0.05) is 48.0 Å². The van der Waals surface area contributed by atoms with E-state index in [-0.39, 0.29) is 5.91 Å². The number of hydrogen-bond acceptors (Lipinski definition) is 2. The lowest BCUT2D eigenvalue weighted by Gasteiger charge is -2.09. The molecule has 0 aliphatic carbocycles. The highest BCUT2D eigenvalue weighted by atomic mass is 16.1. The third kappa shape index (κ3) is 3.09. The van der Waals surface area contributed by atoms with Crippen molar-refractivity contribution < 1.29 is 4.79 Å². The molecule has 1 amide bonds. The molecule has 0 radical (unpaired) electrons. The minimum Gasteiger partial charge on any atom is -0.322 e. The maximum absolute atomic E-state index is 12.6. The second kappa shape index (κ2) is 6.48. The number of aryl methyl sites for hydroxylation is 2. The lowest BCUT2D eigenvalue weighted by Crippen LogP contribution is -2.13. The fourth-order valence-corrected chi connectivity index (χ4v) is 3.02. The molecule has 0 saturated heterocycles. The van der Waals surface area contributed by atoms with Crippen molar-refractivity contribution in [2.75, 3.05) is 5.32 Å². The van der Waals surface area contributed by atoms with Gasteiger partial charge in [-0.3, -0.25) is 4.79 Å². The van der Waals surface area contributed by atoms with E-state index in [2.05, 4.69) is 16.4 Å². The second-order valence-electron chi connectivity index (χ2n) is 6.45. The molecule has 0 atom stereocenters. The number of hydrogen-bond donors (Lipinski definition) is 1. The number of carbonyl (C=O) groups excluding carboxylic acids is 1. The number of amides is 1. The molecule has 1 N–H and O–H groups in total. The van der Waals surface area contributed by atoms with E-state index in [1.54, 1.807) is 0 Å². The number of fused-ring (bicyclic) bond motifs is 1. The van der Waals surface area contributed by atoms with Gasteiger partial charge in [0.2, 0.25) is 0 Å². The van der Waals surface area contributed by atoms with E-state index in [9.17, 15) is 4.79 Å². The summed E-state index contributed by atoms with van der Waals surface area (Å²) in [5.41, 5.74) is 6.32. The highest BCUT2D eigenvalue weighted by Crippen LogP contribution is 2.20. The molecule has 0 spiro atoms. The van der Waals surface area contributed by atoms with Crippen LogP contribution in [0.4, 0.5) is 5.69 Å². The first-order chi connectivity index (χ1) is 12.6. The molecule has 0 bridgehead atoms. The third-order valence-electron chi connectivity index (χ3n) is 4.42. The summed E-state index contributed by atoms with van der Waals surface area (Å²) in [4.78, 5) is 17.3. The fraction of sp³-hybridized carbons (Fsp3) is 0.0909. The Morgan fingerprint density at radius 1 is 1.00 bits per heavy atom. The number of benzene rings is 2. The number of carbonyl (C=O) groups is 1. The molecule has 0 aliphatic heterocycles. The first-order valence-corrected chi connectivity index (χ1v) is 8.53. The zero-order valence-electron chi connectivity index (χ0n) is 14.7. The first-order valence-electron chi connectivity index (χ1n) is 8.53. The van der Waals surface area contributed by atoms with Crippen molar-refractivity contribution in [3.63, 3.8) is 0 Å². The maximum Gasteiger partial charge on any atom is 0.255 e. The maximum atomic E-state index is 12.6. The largest absolute Gasteiger partial charge is 0.322 e. The predicted octanol–water partition coefficient (Wildman–Crippen LogP) is 4.87. The van der Waals surface area contributed by atoms with E-state index in [0.29, 0.717) is 5.56 Å². The van der Waals surface area contributed by atoms with E-state index in [0.717, 1.165) is 28.2 Å². The summed E-state index contributed by atoms with van der Waals surface area (Å²) in [6.07, 6.45) is 3.84. The average molecular weight is 341 g/mol. The molecule has 128 valence electrons. The van der Waals surface area contributed by atoms with Crippen LogP contribution in [0, 0.1) is 13.8 Å². The molecule has 0 fully saturated rings. The lowest BCUT2D eigenvalue weighted by molar-refractivity contribution is 0.102. The standard InChI is InChI=1S/C22H19N3O/c1-15-8-9-19(16(2)12-15)24-22(26)18-10-11-25-14-20(23-21(25)13-18)17-6-4-3-5-7-17/h3-14H,1-2H3,(H,24,26). The van der Waals surface area contributed by atoms with Crippen LogP contribution in [0.2, 0.25) is 0 Å². The zero-order chi connectivity index (χ0) is 18.1. The topological polar surface area (TPSA) is 46.4 Å². The number of rotatable bonds is 3. The van der Waals surface area contributed by atoms with Crippen molar-refractivity contribution in [2.24, 2.45) is 0 Å². The summed E-state index contributed by atoms with van der Waals surface area (Å²) < 4.78 is 1.93. The van der Waals surface area contributed by atoms with E-state index in [4.69, 9.17) is 0 Å². The Bertz CT molecular complexity index is 1100. The van der Waals surface area contributed by atoms with Crippen LogP contribution < -0.4 is 5.32 Å². The van der Waals surface area contributed by atoms with Crippen molar-refractivity contribution >= 4 is 17.2 Å². The van der Waals surface area contributed by atoms with Gasteiger partial charge < -0.3 is 9.72 Å². The van der Waals surface area contributed by atoms with Gasteiger partial charge in [-0.05, 0) is 37.6 Å². The van der Waals surface area contributed by atoms with Gasteiger partial charge in [0, 0.05) is 29.2 Å². The summed E-state index contributed by atoms with van der Waals surface area (Å²) in [7, 11) is 0. The van der Waals surface area contributed by atoms with Gasteiger partial charge in [0.05, 0.1) is 5.69 Å². The minimum atomic E-state index is -0.135. The molecule has 4 rings (SSSR count). The Labute approximate surface area is 152 Å². The van der Waals surface area contributed by atoms with Crippen LogP contribution in [0.1, 0.15) is 21.5 Å². The molecule has 4 aromatic rings. The number of anilines is 1. The Morgan fingerprint density at radius 3 is 2.58 bits per heavy atom. The number of nitrogens with one attached hydrogen (secondary N) is 1. The van der Waals surface area contributed by atoms with Crippen molar-refractivity contribution in [3.8, 4) is 11.3 Å². The van der Waals surface area contributed by atoms with Gasteiger partial charge in [-0.15, -0.1) is 0 Å². The SMILES string of the molecule is Cc1ccc(NC(=O)c2ccn3cc(-c4ccccc4)nc3c2)c(C)c1. The van der Waals surface area contributed by atoms with Gasteiger partial charge in [0.15, 0.2) is 0 Å². The Kier molecular flexibility index (Phi) is 4.01. The van der Waals surface area contributed by atoms with Gasteiger partial charge in [0.1, 0.15) is 5.65 Å². The van der Waals surface area contributed by atoms with Gasteiger partial charge >= 0.3 is 0 Å². The molecule has 0 saturated carbocycles. The fourth-order valence-electron chi connectivity index (χ4n) is 3.02. The van der Waals surface area contributed by atoms with Crippen molar-refractivity contribution in [1.29, 1.82) is 0 Å². The van der Waals surface area contributed by atoms with Crippen LogP contribution in [-0.2, 0) is 0 Å². The number of imidazole rings is 1. The summed E-state index contributed by atoms with van der Waals surface area (Å²) in [6, 6.07) is 19.6. The summed E-state index contributed by atoms with van der Waals surface area (Å²) >= 11 is 0. The molecular weight excluding hydrogens is 322 g/mol. The molecular formula is C22H19N3O. The molecule has 2 aromatic carbocycles. The molecule has 26 heavy (non-hydrogen) atoms. The van der Waals surface area contributed by atoms with Crippen molar-refractivity contribution in [1.82, 2.24) is 9.38 Å². The van der Waals surface area contributed by atoms with Crippen molar-refractivity contribution in [2.45, 2.75) is 13.8 Å². The average Bonchev–Trinajstić information content (AvgIpc) is 3.08. The van der Waals surface area contributed by atoms with Crippen LogP contribution in [0.3, 0.4) is 0 Å². The summed E-state index contributed by atoms with van der Waals surface area (Å²) in [5.74, 6) is -0.135. The third-order valence-corrected chi connectivity index (χ3v) is 4.42. The summed E-state index contributed by atoms with van der Waals surface area (Å²) in [5, 5.41) is 2.98. The Hall–Kier alpha value is -3.40. The quantitative estimate of drug-likeness (QED) is 0.578. The summed E-state index contributed by atoms with van der Waals surface area (Å²) in [6.45, 7) is 4.03. The smallest absolute Gasteiger partial charge is 0.255 e. The zero-order valence-corrected chi connectivity index (χ0v) is 14.7. The molecule has 4 heteroatoms. The lowest BCUT2D eigenvalue weighted by atomic mass is 10.1. The molecule has 0 unspecified atom stereocenters. The highest BCUT2D eigenvalue weighted by molar-refractivity contribution is 6.05. The van der Waals surface area contributed by atoms with Crippen LogP contribution in [0.15, 0.2) is 73.1 Å². The van der Waals surface area contributed by atoms with E-state index in [1.165, 1.54) is 5.56 Å². The predicted molar refractivity (Wildman–Crippen MR) is 104 cm³/mol. The molecule has 2 heterocycles. The van der Waals surface area contributed by atoms with Gasteiger partial charge in [-0.2, -0.15) is 0 Å². The number of aromatic nitrogens is 2. The van der Waals surface area contributed by atoms with E-state index < -0.39 is 0 Å². The monoisotopic (exact) mass is 341 g/mol. The minimum absolute atomic E-state index is 0.135. The molecule has 4 nitrogen and oxygen atoms in total. The van der Waals surface area contributed by atoms with Crippen LogP contribution >= 0.6 is 0 Å². The highest BCUT2D eigenvalue weighted by Gasteiger charge is 2.11. The Balaban J connectivity index is 1.63. The molecule has 2 aromatic heterocycles. The van der Waals surface area contributed by atoms with Gasteiger partial charge in [-0.25, -0.2) is 4.98 Å². The van der Waals surface area contributed by atoms with E-state index >= 15 is 0 Å². The van der Waals surface area contributed by atoms with Crippen LogP contribution in [-0.4, -0.2) is 15.3 Å². The van der Waals surface area contributed by atoms with Crippen LogP contribution in [0.25, 0.3) is 16.9 Å². The number of nitrogens with zero attached hydrogens (tertiary/aromatic N) is 2. The van der Waals surface area contributed by atoms with E-state index in [1.807, 2.05) is 85.2 Å². The first kappa shape index (κ1) is 16.1. The van der Waals surface area contributed by atoms with Crippen LogP contribution in [0.5, 0.6) is 0 Å². The van der Waals surface area contributed by atoms with Crippen molar-refractivity contribution in [3.05, 3.63) is 89.7 Å². The molecule has 0 aliphatic rings. The van der Waals surface area contributed by atoms with Gasteiger partial charge in [0.25, 0.3) is 5.91 Å². The normalized spacial score (nSPS) is 10.8.